The second kappa shape index (κ2) is 8.22. The third kappa shape index (κ3) is 3.12. The number of ether oxygens (including phenoxy) is 1. The maximum atomic E-state index is 14.5. The van der Waals surface area contributed by atoms with E-state index in [1.54, 1.807) is 61.7 Å². The summed E-state index contributed by atoms with van der Waals surface area (Å²) in [5.74, 6) is -1.21. The quantitative estimate of drug-likeness (QED) is 0.413. The van der Waals surface area contributed by atoms with Crippen molar-refractivity contribution in [2.75, 3.05) is 12.0 Å². The number of rotatable bonds is 3. The van der Waals surface area contributed by atoms with E-state index in [0.717, 1.165) is 0 Å². The molecule has 3 aromatic rings. The Hall–Kier alpha value is -4.06. The van der Waals surface area contributed by atoms with Gasteiger partial charge in [0.15, 0.2) is 17.3 Å². The van der Waals surface area contributed by atoms with Gasteiger partial charge in [0.2, 0.25) is 0 Å². The molecule has 3 aliphatic rings. The molecular formula is C32H28FNO4. The van der Waals surface area contributed by atoms with Gasteiger partial charge in [-0.05, 0) is 35.9 Å². The van der Waals surface area contributed by atoms with Crippen molar-refractivity contribution in [3.05, 3.63) is 101 Å². The number of hydrogen-bond donors (Lipinski definition) is 0. The minimum atomic E-state index is -1.56. The smallest absolute Gasteiger partial charge is 0.180 e. The number of anilines is 1. The molecule has 192 valence electrons. The minimum absolute atomic E-state index is 0.0951. The molecule has 6 heteroatoms. The van der Waals surface area contributed by atoms with Crippen molar-refractivity contribution < 1.29 is 23.5 Å². The summed E-state index contributed by atoms with van der Waals surface area (Å²) in [7, 11) is 1.57. The van der Waals surface area contributed by atoms with Gasteiger partial charge in [-0.1, -0.05) is 69.3 Å². The molecular weight excluding hydrogens is 481 g/mol. The topological polar surface area (TPSA) is 63.7 Å². The van der Waals surface area contributed by atoms with Crippen LogP contribution in [0.5, 0.6) is 5.75 Å². The largest absolute Gasteiger partial charge is 0.497 e. The number of carbonyl (C=O) groups is 3. The lowest BCUT2D eigenvalue weighted by molar-refractivity contribution is -0.127. The van der Waals surface area contributed by atoms with E-state index in [0.29, 0.717) is 33.7 Å². The molecule has 0 bridgehead atoms. The Kier molecular flexibility index (Phi) is 5.25. The van der Waals surface area contributed by atoms with Crippen LogP contribution < -0.4 is 9.64 Å². The fraction of sp³-hybridized carbons (Fsp3) is 0.281. The SMILES string of the molecule is COc1ccc([C@@H]2[C@H](C(=O)C(C)(C)C)N3c4ccc(F)cc4C=C[C@H]3C23C(=O)c2ccccc2C3=O)cc1. The number of carbonyl (C=O) groups excluding carboxylic acids is 3. The van der Waals surface area contributed by atoms with Gasteiger partial charge in [0.05, 0.1) is 19.2 Å². The van der Waals surface area contributed by atoms with E-state index in [1.165, 1.54) is 12.1 Å². The van der Waals surface area contributed by atoms with Crippen molar-refractivity contribution in [3.63, 3.8) is 0 Å². The molecule has 0 saturated carbocycles. The predicted molar refractivity (Wildman–Crippen MR) is 143 cm³/mol. The number of fused-ring (bicyclic) bond motifs is 5. The molecule has 0 aromatic heterocycles. The highest BCUT2D eigenvalue weighted by Gasteiger charge is 2.71. The molecule has 38 heavy (non-hydrogen) atoms. The summed E-state index contributed by atoms with van der Waals surface area (Å²) in [6.45, 7) is 5.54. The third-order valence-corrected chi connectivity index (χ3v) is 8.25. The molecule has 1 spiro atoms. The first kappa shape index (κ1) is 24.3. The van der Waals surface area contributed by atoms with Crippen molar-refractivity contribution in [3.8, 4) is 5.75 Å². The number of hydrogen-bond acceptors (Lipinski definition) is 5. The highest BCUT2D eigenvalue weighted by Crippen LogP contribution is 2.61. The first-order chi connectivity index (χ1) is 18.1. The van der Waals surface area contributed by atoms with Crippen molar-refractivity contribution in [2.24, 2.45) is 10.8 Å². The van der Waals surface area contributed by atoms with E-state index in [2.05, 4.69) is 0 Å². The van der Waals surface area contributed by atoms with Gasteiger partial charge < -0.3 is 9.64 Å². The lowest BCUT2D eigenvalue weighted by Crippen LogP contribution is -2.49. The van der Waals surface area contributed by atoms with Crippen molar-refractivity contribution in [1.29, 1.82) is 0 Å². The van der Waals surface area contributed by atoms with Gasteiger partial charge in [-0.3, -0.25) is 14.4 Å². The van der Waals surface area contributed by atoms with Crippen LogP contribution >= 0.6 is 0 Å². The molecule has 3 atom stereocenters. The zero-order valence-corrected chi connectivity index (χ0v) is 21.7. The second-order valence-corrected chi connectivity index (χ2v) is 11.3. The van der Waals surface area contributed by atoms with E-state index in [1.807, 2.05) is 37.8 Å². The summed E-state index contributed by atoms with van der Waals surface area (Å²) >= 11 is 0. The summed E-state index contributed by atoms with van der Waals surface area (Å²) in [5.41, 5.74) is 0.351. The second-order valence-electron chi connectivity index (χ2n) is 11.3. The van der Waals surface area contributed by atoms with Gasteiger partial charge in [0, 0.05) is 33.7 Å². The molecule has 1 fully saturated rings. The summed E-state index contributed by atoms with van der Waals surface area (Å²) in [6, 6.07) is 17.0. The molecule has 3 aromatic carbocycles. The third-order valence-electron chi connectivity index (χ3n) is 8.25. The number of Topliss-reactive ketones (excluding diaryl/α,β-unsaturated/α-hetero) is 3. The minimum Gasteiger partial charge on any atom is -0.497 e. The van der Waals surface area contributed by atoms with Crippen LogP contribution in [-0.4, -0.2) is 36.5 Å². The van der Waals surface area contributed by atoms with Crippen LogP contribution in [0.2, 0.25) is 0 Å². The van der Waals surface area contributed by atoms with E-state index >= 15 is 0 Å². The standard InChI is InChI=1S/C32H28FNO4/c1-31(2,3)30(37)27-26(18-9-13-21(38-4)14-10-18)32(28(35)22-7-5-6-8-23(22)29(32)36)25-16-11-19-17-20(33)12-15-24(19)34(25)27/h5-17,25-27H,1-4H3/t25-,26+,27+/m0/s1. The Morgan fingerprint density at radius 1 is 0.947 bits per heavy atom. The number of halogens is 1. The molecule has 0 radical (unpaired) electrons. The average molecular weight is 510 g/mol. The molecule has 1 aliphatic carbocycles. The molecule has 2 aliphatic heterocycles. The highest BCUT2D eigenvalue weighted by atomic mass is 19.1. The molecule has 0 amide bonds. The normalized spacial score (nSPS) is 22.9. The molecule has 0 N–H and O–H groups in total. The van der Waals surface area contributed by atoms with Crippen molar-refractivity contribution >= 4 is 29.1 Å². The van der Waals surface area contributed by atoms with Crippen LogP contribution in [0.3, 0.4) is 0 Å². The van der Waals surface area contributed by atoms with Gasteiger partial charge in [-0.15, -0.1) is 0 Å². The lowest BCUT2D eigenvalue weighted by Gasteiger charge is -2.38. The van der Waals surface area contributed by atoms with E-state index < -0.39 is 34.6 Å². The lowest BCUT2D eigenvalue weighted by atomic mass is 9.63. The van der Waals surface area contributed by atoms with Gasteiger partial charge in [-0.25, -0.2) is 4.39 Å². The molecule has 2 heterocycles. The van der Waals surface area contributed by atoms with Crippen LogP contribution in [0.15, 0.2) is 72.8 Å². The van der Waals surface area contributed by atoms with Crippen LogP contribution in [0.25, 0.3) is 6.08 Å². The Morgan fingerprint density at radius 3 is 2.16 bits per heavy atom. The van der Waals surface area contributed by atoms with Gasteiger partial charge >= 0.3 is 0 Å². The Morgan fingerprint density at radius 2 is 1.58 bits per heavy atom. The van der Waals surface area contributed by atoms with Crippen LogP contribution in [-0.2, 0) is 4.79 Å². The molecule has 6 rings (SSSR count). The van der Waals surface area contributed by atoms with Crippen molar-refractivity contribution in [1.82, 2.24) is 0 Å². The Labute approximate surface area is 220 Å². The maximum absolute atomic E-state index is 14.5. The van der Waals surface area contributed by atoms with Crippen LogP contribution in [0, 0.1) is 16.6 Å². The van der Waals surface area contributed by atoms with Gasteiger partial charge in [0.1, 0.15) is 17.0 Å². The predicted octanol–water partition coefficient (Wildman–Crippen LogP) is 5.88. The first-order valence-electron chi connectivity index (χ1n) is 12.7. The van der Waals surface area contributed by atoms with Gasteiger partial charge in [0.25, 0.3) is 0 Å². The fourth-order valence-corrected chi connectivity index (χ4v) is 6.58. The molecule has 1 saturated heterocycles. The van der Waals surface area contributed by atoms with Crippen LogP contribution in [0.1, 0.15) is 58.5 Å². The summed E-state index contributed by atoms with van der Waals surface area (Å²) in [6.07, 6.45) is 3.57. The van der Waals surface area contributed by atoms with E-state index in [9.17, 15) is 18.8 Å². The molecule has 5 nitrogen and oxygen atoms in total. The zero-order valence-electron chi connectivity index (χ0n) is 21.7. The number of benzene rings is 3. The number of methoxy groups -OCH3 is 1. The summed E-state index contributed by atoms with van der Waals surface area (Å²) in [5, 5.41) is 0. The number of ketones is 3. The highest BCUT2D eigenvalue weighted by molar-refractivity contribution is 6.32. The molecule has 0 unspecified atom stereocenters. The number of nitrogens with zero attached hydrogens (tertiary/aromatic N) is 1. The van der Waals surface area contributed by atoms with Crippen LogP contribution in [0.4, 0.5) is 10.1 Å². The average Bonchev–Trinajstić information content (AvgIpc) is 3.33. The monoisotopic (exact) mass is 509 g/mol. The van der Waals surface area contributed by atoms with Crippen molar-refractivity contribution in [2.45, 2.75) is 38.8 Å². The maximum Gasteiger partial charge on any atom is 0.180 e. The van der Waals surface area contributed by atoms with E-state index in [-0.39, 0.29) is 17.3 Å². The fourth-order valence-electron chi connectivity index (χ4n) is 6.58. The van der Waals surface area contributed by atoms with E-state index in [4.69, 9.17) is 4.74 Å². The Bertz CT molecular complexity index is 1500. The summed E-state index contributed by atoms with van der Waals surface area (Å²) < 4.78 is 19.6. The zero-order chi connectivity index (χ0) is 27.0. The van der Waals surface area contributed by atoms with Gasteiger partial charge in [-0.2, -0.15) is 0 Å². The first-order valence-corrected chi connectivity index (χ1v) is 12.7. The Balaban J connectivity index is 1.69. The summed E-state index contributed by atoms with van der Waals surface area (Å²) in [4.78, 5) is 45.2.